The van der Waals surface area contributed by atoms with Crippen molar-refractivity contribution in [1.29, 1.82) is 0 Å². The second kappa shape index (κ2) is 2.81. The predicted octanol–water partition coefficient (Wildman–Crippen LogP) is 0.407. The Morgan fingerprint density at radius 2 is 2.38 bits per heavy atom. The first-order valence-corrected chi connectivity index (χ1v) is 4.48. The Labute approximate surface area is 88.4 Å². The quantitative estimate of drug-likeness (QED) is 0.744. The van der Waals surface area contributed by atoms with Gasteiger partial charge in [-0.05, 0) is 17.2 Å². The summed E-state index contributed by atoms with van der Waals surface area (Å²) in [5.74, 6) is -0.563. The van der Waals surface area contributed by atoms with Crippen molar-refractivity contribution in [1.82, 2.24) is 19.9 Å². The lowest BCUT2D eigenvalue weighted by Gasteiger charge is -2.19. The number of fused-ring (bicyclic) bond motifs is 3. The van der Waals surface area contributed by atoms with Crippen molar-refractivity contribution < 1.29 is 19.3 Å². The number of aromatic carboxylic acids is 1. The zero-order valence-corrected chi connectivity index (χ0v) is 8.12. The van der Waals surface area contributed by atoms with E-state index in [2.05, 4.69) is 19.9 Å². The van der Waals surface area contributed by atoms with Gasteiger partial charge in [0.1, 0.15) is 12.4 Å². The van der Waals surface area contributed by atoms with Crippen LogP contribution in [0.3, 0.4) is 0 Å². The Bertz CT molecular complexity index is 572. The summed E-state index contributed by atoms with van der Waals surface area (Å²) in [4.78, 5) is 14.7. The molecular formula is C8H6N4O4. The molecule has 1 aliphatic rings. The van der Waals surface area contributed by atoms with Crippen LogP contribution in [0.4, 0.5) is 0 Å². The van der Waals surface area contributed by atoms with E-state index in [4.69, 9.17) is 9.84 Å². The van der Waals surface area contributed by atoms with E-state index in [1.54, 1.807) is 6.92 Å². The van der Waals surface area contributed by atoms with Crippen molar-refractivity contribution in [2.24, 2.45) is 0 Å². The molecule has 1 atom stereocenters. The maximum Gasteiger partial charge on any atom is 0.356 e. The van der Waals surface area contributed by atoms with Gasteiger partial charge in [0, 0.05) is 0 Å². The summed E-state index contributed by atoms with van der Waals surface area (Å²) in [5.41, 5.74) is 0.372. The minimum Gasteiger partial charge on any atom is -0.476 e. The average Bonchev–Trinajstić information content (AvgIpc) is 2.80. The van der Waals surface area contributed by atoms with Gasteiger partial charge in [-0.2, -0.15) is 0 Å². The van der Waals surface area contributed by atoms with Crippen molar-refractivity contribution in [3.05, 3.63) is 17.7 Å². The highest BCUT2D eigenvalue weighted by Crippen LogP contribution is 2.33. The Kier molecular flexibility index (Phi) is 1.56. The summed E-state index contributed by atoms with van der Waals surface area (Å²) in [6.45, 7) is 1.71. The molecule has 0 fully saturated rings. The van der Waals surface area contributed by atoms with Crippen molar-refractivity contribution in [3.63, 3.8) is 0 Å². The molecule has 0 spiro atoms. The molecule has 2 aromatic rings. The van der Waals surface area contributed by atoms with Gasteiger partial charge in [0.2, 0.25) is 5.82 Å². The second-order valence-electron chi connectivity index (χ2n) is 3.31. The Hall–Kier alpha value is -2.38. The molecule has 0 amide bonds. The first-order valence-electron chi connectivity index (χ1n) is 4.48. The second-order valence-corrected chi connectivity index (χ2v) is 3.31. The molecule has 8 nitrogen and oxygen atoms in total. The molecule has 1 unspecified atom stereocenters. The Morgan fingerprint density at radius 1 is 1.56 bits per heavy atom. The third-order valence-electron chi connectivity index (χ3n) is 2.35. The molecule has 1 aliphatic heterocycles. The number of aromatic nitrogens is 4. The van der Waals surface area contributed by atoms with Crippen LogP contribution >= 0.6 is 0 Å². The SMILES string of the molecule is CC1Oc2nonc2-n2cnc(C(=O)O)c21. The number of carbonyl (C=O) groups is 1. The molecule has 16 heavy (non-hydrogen) atoms. The smallest absolute Gasteiger partial charge is 0.356 e. The van der Waals surface area contributed by atoms with Gasteiger partial charge in [0.25, 0.3) is 0 Å². The molecule has 0 aliphatic carbocycles. The lowest BCUT2D eigenvalue weighted by atomic mass is 10.2. The van der Waals surface area contributed by atoms with E-state index in [0.29, 0.717) is 11.5 Å². The van der Waals surface area contributed by atoms with E-state index in [0.717, 1.165) is 0 Å². The number of hydrogen-bond donors (Lipinski definition) is 1. The molecule has 0 bridgehead atoms. The molecule has 0 saturated carbocycles. The molecule has 2 aromatic heterocycles. The predicted molar refractivity (Wildman–Crippen MR) is 47.4 cm³/mol. The van der Waals surface area contributed by atoms with E-state index in [1.807, 2.05) is 0 Å². The fourth-order valence-corrected chi connectivity index (χ4v) is 1.70. The zero-order chi connectivity index (χ0) is 11.3. The average molecular weight is 222 g/mol. The molecule has 3 heterocycles. The molecule has 0 radical (unpaired) electrons. The molecule has 3 rings (SSSR count). The number of ether oxygens (including phenoxy) is 1. The molecular weight excluding hydrogens is 216 g/mol. The molecule has 82 valence electrons. The fraction of sp³-hybridized carbons (Fsp3) is 0.250. The van der Waals surface area contributed by atoms with Crippen LogP contribution in [0.1, 0.15) is 29.2 Å². The standard InChI is InChI=1S/C8H6N4O4/c1-3-5-4(8(13)14)9-2-12(5)6-7(15-3)11-16-10-6/h2-3H,1H3,(H,13,14). The van der Waals surface area contributed by atoms with Crippen molar-refractivity contribution >= 4 is 5.97 Å². The molecule has 8 heteroatoms. The maximum absolute atomic E-state index is 10.9. The highest BCUT2D eigenvalue weighted by Gasteiger charge is 2.32. The van der Waals surface area contributed by atoms with Gasteiger partial charge in [-0.1, -0.05) is 0 Å². The summed E-state index contributed by atoms with van der Waals surface area (Å²) in [5, 5.41) is 16.1. The topological polar surface area (TPSA) is 103 Å². The van der Waals surface area contributed by atoms with Crippen LogP contribution in [0.25, 0.3) is 5.82 Å². The van der Waals surface area contributed by atoms with Crippen LogP contribution in [-0.4, -0.2) is 30.9 Å². The van der Waals surface area contributed by atoms with E-state index >= 15 is 0 Å². The van der Waals surface area contributed by atoms with E-state index in [-0.39, 0.29) is 11.6 Å². The van der Waals surface area contributed by atoms with Crippen LogP contribution in [0.5, 0.6) is 5.88 Å². The van der Waals surface area contributed by atoms with E-state index < -0.39 is 12.1 Å². The van der Waals surface area contributed by atoms with Crippen molar-refractivity contribution in [2.75, 3.05) is 0 Å². The third kappa shape index (κ3) is 0.977. The molecule has 1 N–H and O–H groups in total. The maximum atomic E-state index is 10.9. The third-order valence-corrected chi connectivity index (χ3v) is 2.35. The number of carboxylic acids is 1. The van der Waals surface area contributed by atoms with Gasteiger partial charge in [0.15, 0.2) is 5.69 Å². The lowest BCUT2D eigenvalue weighted by Crippen LogP contribution is -2.19. The largest absolute Gasteiger partial charge is 0.476 e. The minimum atomic E-state index is -1.11. The first-order chi connectivity index (χ1) is 7.68. The number of rotatable bonds is 1. The van der Waals surface area contributed by atoms with Gasteiger partial charge in [-0.25, -0.2) is 14.4 Å². The summed E-state index contributed by atoms with van der Waals surface area (Å²) in [7, 11) is 0. The summed E-state index contributed by atoms with van der Waals surface area (Å²) in [6.07, 6.45) is 0.897. The monoisotopic (exact) mass is 222 g/mol. The van der Waals surface area contributed by atoms with Gasteiger partial charge in [-0.3, -0.25) is 4.57 Å². The van der Waals surface area contributed by atoms with Crippen LogP contribution < -0.4 is 4.74 Å². The molecule has 0 saturated heterocycles. The van der Waals surface area contributed by atoms with E-state index in [1.165, 1.54) is 10.9 Å². The highest BCUT2D eigenvalue weighted by molar-refractivity contribution is 5.87. The van der Waals surface area contributed by atoms with Crippen molar-refractivity contribution in [3.8, 4) is 11.7 Å². The highest BCUT2D eigenvalue weighted by atomic mass is 16.6. The van der Waals surface area contributed by atoms with Crippen LogP contribution in [0.15, 0.2) is 11.0 Å². The first kappa shape index (κ1) is 8.89. The van der Waals surface area contributed by atoms with Gasteiger partial charge >= 0.3 is 11.8 Å². The Morgan fingerprint density at radius 3 is 3.12 bits per heavy atom. The number of carboxylic acid groups (broad SMARTS) is 1. The van der Waals surface area contributed by atoms with Gasteiger partial charge < -0.3 is 9.84 Å². The van der Waals surface area contributed by atoms with Crippen LogP contribution in [-0.2, 0) is 0 Å². The zero-order valence-electron chi connectivity index (χ0n) is 8.12. The summed E-state index contributed by atoms with van der Waals surface area (Å²) in [6, 6.07) is 0. The minimum absolute atomic E-state index is 0.0545. The van der Waals surface area contributed by atoms with E-state index in [9.17, 15) is 4.79 Å². The van der Waals surface area contributed by atoms with Gasteiger partial charge in [-0.15, -0.1) is 0 Å². The number of hydrogen-bond acceptors (Lipinski definition) is 6. The molecule has 0 aromatic carbocycles. The van der Waals surface area contributed by atoms with Crippen LogP contribution in [0.2, 0.25) is 0 Å². The summed E-state index contributed by atoms with van der Waals surface area (Å²) >= 11 is 0. The van der Waals surface area contributed by atoms with Gasteiger partial charge in [0.05, 0.1) is 5.69 Å². The number of nitrogens with zero attached hydrogens (tertiary/aromatic N) is 4. The Balaban J connectivity index is 2.27. The lowest BCUT2D eigenvalue weighted by molar-refractivity contribution is 0.0684. The fourth-order valence-electron chi connectivity index (χ4n) is 1.70. The van der Waals surface area contributed by atoms with Crippen LogP contribution in [0, 0.1) is 0 Å². The van der Waals surface area contributed by atoms with Crippen molar-refractivity contribution in [2.45, 2.75) is 13.0 Å². The summed E-state index contributed by atoms with van der Waals surface area (Å²) < 4.78 is 11.4. The normalized spacial score (nSPS) is 17.4. The number of imidazole rings is 1.